The second-order valence-electron chi connectivity index (χ2n) is 4.78. The van der Waals surface area contributed by atoms with Gasteiger partial charge in [0.05, 0.1) is 24.3 Å². The highest BCUT2D eigenvalue weighted by molar-refractivity contribution is 5.79. The lowest BCUT2D eigenvalue weighted by Gasteiger charge is -2.26. The molecular formula is C12H19N3O3. The Labute approximate surface area is 106 Å². The van der Waals surface area contributed by atoms with Crippen LogP contribution in [0.25, 0.3) is 0 Å². The smallest absolute Gasteiger partial charge is 0.227 e. The van der Waals surface area contributed by atoms with Gasteiger partial charge < -0.3 is 19.8 Å². The predicted octanol–water partition coefficient (Wildman–Crippen LogP) is -0.375. The Hall–Kier alpha value is -1.40. The number of rotatable bonds is 3. The number of amides is 1. The molecule has 0 unspecified atom stereocenters. The van der Waals surface area contributed by atoms with Crippen molar-refractivity contribution in [1.82, 2.24) is 15.4 Å². The number of aliphatic hydroxyl groups excluding tert-OH is 1. The first kappa shape index (κ1) is 13.0. The zero-order valence-electron chi connectivity index (χ0n) is 10.9. The number of likely N-dealkylation sites (N-methyl/N-ethyl adjacent to an activating group) is 1. The second kappa shape index (κ2) is 5.07. The Morgan fingerprint density at radius 2 is 2.28 bits per heavy atom. The monoisotopic (exact) mass is 253 g/mol. The van der Waals surface area contributed by atoms with Gasteiger partial charge in [-0.15, -0.1) is 0 Å². The van der Waals surface area contributed by atoms with E-state index in [0.29, 0.717) is 18.8 Å². The normalized spacial score (nSPS) is 23.3. The van der Waals surface area contributed by atoms with E-state index in [1.54, 1.807) is 18.9 Å². The lowest BCUT2D eigenvalue weighted by Crippen LogP contribution is -2.44. The van der Waals surface area contributed by atoms with Gasteiger partial charge in [0.25, 0.3) is 0 Å². The fraction of sp³-hybridized carbons (Fsp3) is 0.667. The molecule has 1 aromatic heterocycles. The molecule has 6 nitrogen and oxygen atoms in total. The molecule has 0 spiro atoms. The molecule has 1 aliphatic heterocycles. The van der Waals surface area contributed by atoms with Crippen LogP contribution in [0.2, 0.25) is 0 Å². The van der Waals surface area contributed by atoms with E-state index in [1.807, 2.05) is 6.92 Å². The molecule has 1 aromatic rings. The molecule has 1 aliphatic rings. The van der Waals surface area contributed by atoms with E-state index in [9.17, 15) is 9.90 Å². The van der Waals surface area contributed by atoms with Crippen molar-refractivity contribution in [3.05, 3.63) is 17.0 Å². The topological polar surface area (TPSA) is 78.6 Å². The van der Waals surface area contributed by atoms with Crippen molar-refractivity contribution in [3.8, 4) is 0 Å². The Balaban J connectivity index is 2.04. The van der Waals surface area contributed by atoms with Crippen LogP contribution >= 0.6 is 0 Å². The number of nitrogens with one attached hydrogen (secondary N) is 1. The molecule has 2 rings (SSSR count). The number of aromatic nitrogens is 1. The molecule has 1 saturated heterocycles. The number of hydrogen-bond acceptors (Lipinski definition) is 5. The third-order valence-electron chi connectivity index (χ3n) is 3.55. The largest absolute Gasteiger partial charge is 0.390 e. The lowest BCUT2D eigenvalue weighted by molar-refractivity contribution is -0.132. The minimum Gasteiger partial charge on any atom is -0.390 e. The van der Waals surface area contributed by atoms with Crippen LogP contribution in [0, 0.1) is 13.8 Å². The maximum atomic E-state index is 12.2. The summed E-state index contributed by atoms with van der Waals surface area (Å²) < 4.78 is 5.04. The molecule has 1 amide bonds. The summed E-state index contributed by atoms with van der Waals surface area (Å²) in [6, 6.07) is -0.155. The van der Waals surface area contributed by atoms with E-state index in [2.05, 4.69) is 10.5 Å². The Kier molecular flexibility index (Phi) is 3.68. The maximum absolute atomic E-state index is 12.2. The van der Waals surface area contributed by atoms with Crippen LogP contribution in [0.1, 0.15) is 17.0 Å². The zero-order valence-corrected chi connectivity index (χ0v) is 10.9. The molecule has 18 heavy (non-hydrogen) atoms. The number of aliphatic hydroxyl groups is 1. The van der Waals surface area contributed by atoms with Crippen LogP contribution in [-0.4, -0.2) is 53.4 Å². The van der Waals surface area contributed by atoms with Gasteiger partial charge in [0.2, 0.25) is 5.91 Å². The van der Waals surface area contributed by atoms with Crippen molar-refractivity contribution in [3.63, 3.8) is 0 Å². The molecular weight excluding hydrogens is 234 g/mol. The first-order valence-electron chi connectivity index (χ1n) is 6.07. The van der Waals surface area contributed by atoms with Crippen molar-refractivity contribution < 1.29 is 14.4 Å². The van der Waals surface area contributed by atoms with Gasteiger partial charge in [-0.05, 0) is 13.8 Å². The van der Waals surface area contributed by atoms with Crippen molar-refractivity contribution in [2.75, 3.05) is 20.1 Å². The summed E-state index contributed by atoms with van der Waals surface area (Å²) in [5.74, 6) is 0.650. The third-order valence-corrected chi connectivity index (χ3v) is 3.55. The first-order chi connectivity index (χ1) is 8.50. The molecule has 0 aliphatic carbocycles. The summed E-state index contributed by atoms with van der Waals surface area (Å²) in [4.78, 5) is 13.8. The standard InChI is InChI=1S/C12H19N3O3/c1-7-9(8(2)18-14-7)4-12(17)15(3)10-5-13-6-11(10)16/h10-11,13,16H,4-6H2,1-3H3/t10-,11-/m1/s1. The summed E-state index contributed by atoms with van der Waals surface area (Å²) in [6.07, 6.45) is -0.232. The third kappa shape index (κ3) is 2.39. The van der Waals surface area contributed by atoms with Crippen molar-refractivity contribution in [1.29, 1.82) is 0 Å². The average molecular weight is 253 g/mol. The van der Waals surface area contributed by atoms with E-state index in [0.717, 1.165) is 11.3 Å². The van der Waals surface area contributed by atoms with E-state index < -0.39 is 6.10 Å². The minimum atomic E-state index is -0.497. The fourth-order valence-corrected chi connectivity index (χ4v) is 2.26. The number of β-amino-alcohol motifs (C(OH)–C–C–N with tert-alkyl or cyclic N) is 1. The fourth-order valence-electron chi connectivity index (χ4n) is 2.26. The molecule has 0 bridgehead atoms. The predicted molar refractivity (Wildman–Crippen MR) is 65.1 cm³/mol. The zero-order chi connectivity index (χ0) is 13.3. The summed E-state index contributed by atoms with van der Waals surface area (Å²) in [5, 5.41) is 16.7. The molecule has 2 N–H and O–H groups in total. The molecule has 0 aromatic carbocycles. The highest BCUT2D eigenvalue weighted by Gasteiger charge is 2.31. The van der Waals surface area contributed by atoms with Crippen LogP contribution in [0.5, 0.6) is 0 Å². The number of carbonyl (C=O) groups excluding carboxylic acids is 1. The van der Waals surface area contributed by atoms with E-state index in [-0.39, 0.29) is 18.4 Å². The van der Waals surface area contributed by atoms with Gasteiger partial charge in [0.1, 0.15) is 5.76 Å². The first-order valence-corrected chi connectivity index (χ1v) is 6.07. The van der Waals surface area contributed by atoms with Crippen molar-refractivity contribution in [2.45, 2.75) is 32.4 Å². The molecule has 100 valence electrons. The Morgan fingerprint density at radius 1 is 1.56 bits per heavy atom. The Bertz CT molecular complexity index is 424. The van der Waals surface area contributed by atoms with E-state index in [4.69, 9.17) is 4.52 Å². The van der Waals surface area contributed by atoms with Crippen LogP contribution in [-0.2, 0) is 11.2 Å². The summed E-state index contributed by atoms with van der Waals surface area (Å²) in [7, 11) is 1.72. The SMILES string of the molecule is Cc1noc(C)c1CC(=O)N(C)[C@@H]1CNC[C@H]1O. The minimum absolute atomic E-state index is 0.0304. The summed E-state index contributed by atoms with van der Waals surface area (Å²) in [6.45, 7) is 4.79. The second-order valence-corrected chi connectivity index (χ2v) is 4.78. The number of carbonyl (C=O) groups is 1. The van der Waals surface area contributed by atoms with Gasteiger partial charge in [-0.3, -0.25) is 4.79 Å². The molecule has 6 heteroatoms. The molecule has 2 atom stereocenters. The quantitative estimate of drug-likeness (QED) is 0.768. The van der Waals surface area contributed by atoms with E-state index in [1.165, 1.54) is 0 Å². The van der Waals surface area contributed by atoms with Crippen LogP contribution in [0.3, 0.4) is 0 Å². The van der Waals surface area contributed by atoms with Gasteiger partial charge in [-0.25, -0.2) is 0 Å². The van der Waals surface area contributed by atoms with Crippen LogP contribution in [0.15, 0.2) is 4.52 Å². The number of aryl methyl sites for hydroxylation is 2. The van der Waals surface area contributed by atoms with Gasteiger partial charge in [-0.1, -0.05) is 5.16 Å². The number of hydrogen-bond donors (Lipinski definition) is 2. The Morgan fingerprint density at radius 3 is 2.78 bits per heavy atom. The average Bonchev–Trinajstić information content (AvgIpc) is 2.88. The van der Waals surface area contributed by atoms with Gasteiger partial charge in [-0.2, -0.15) is 0 Å². The lowest BCUT2D eigenvalue weighted by atomic mass is 10.1. The highest BCUT2D eigenvalue weighted by Crippen LogP contribution is 2.15. The number of nitrogens with zero attached hydrogens (tertiary/aromatic N) is 2. The van der Waals surface area contributed by atoms with E-state index >= 15 is 0 Å². The van der Waals surface area contributed by atoms with Crippen LogP contribution in [0.4, 0.5) is 0 Å². The molecule has 0 radical (unpaired) electrons. The highest BCUT2D eigenvalue weighted by atomic mass is 16.5. The molecule has 2 heterocycles. The van der Waals surface area contributed by atoms with Crippen molar-refractivity contribution >= 4 is 5.91 Å². The van der Waals surface area contributed by atoms with Crippen LogP contribution < -0.4 is 5.32 Å². The molecule has 1 fully saturated rings. The van der Waals surface area contributed by atoms with Gasteiger partial charge >= 0.3 is 0 Å². The van der Waals surface area contributed by atoms with Gasteiger partial charge in [0.15, 0.2) is 0 Å². The maximum Gasteiger partial charge on any atom is 0.227 e. The van der Waals surface area contributed by atoms with Gasteiger partial charge in [0, 0.05) is 25.7 Å². The summed E-state index contributed by atoms with van der Waals surface area (Å²) in [5.41, 5.74) is 1.59. The summed E-state index contributed by atoms with van der Waals surface area (Å²) >= 11 is 0. The molecule has 0 saturated carbocycles. The van der Waals surface area contributed by atoms with Crippen molar-refractivity contribution in [2.24, 2.45) is 0 Å².